The Kier molecular flexibility index (Phi) is 3.86. The molecule has 1 aliphatic rings. The van der Waals surface area contributed by atoms with E-state index in [2.05, 4.69) is 0 Å². The minimum Gasteiger partial charge on any atom is -0.444 e. The summed E-state index contributed by atoms with van der Waals surface area (Å²) in [5.74, 6) is 0. The van der Waals surface area contributed by atoms with Gasteiger partial charge in [-0.3, -0.25) is 0 Å². The quantitative estimate of drug-likeness (QED) is 0.894. The first-order valence-corrected chi connectivity index (χ1v) is 5.97. The lowest BCUT2D eigenvalue weighted by Gasteiger charge is -2.13. The lowest BCUT2D eigenvalue weighted by atomic mass is 10.2. The molecule has 0 spiro atoms. The van der Waals surface area contributed by atoms with Crippen LogP contribution in [0, 0.1) is 0 Å². The van der Waals surface area contributed by atoms with Crippen molar-refractivity contribution in [2.24, 2.45) is 5.73 Å². The maximum Gasteiger partial charge on any atom is 0.410 e. The van der Waals surface area contributed by atoms with Crippen LogP contribution in [-0.4, -0.2) is 30.2 Å². The Morgan fingerprint density at radius 3 is 2.94 bits per heavy atom. The largest absolute Gasteiger partial charge is 0.444 e. The van der Waals surface area contributed by atoms with Gasteiger partial charge in [-0.1, -0.05) is 29.8 Å². The average Bonchev–Trinajstić information content (AvgIpc) is 2.63. The molecule has 2 rings (SSSR count). The molecule has 1 unspecified atom stereocenters. The zero-order valence-electron chi connectivity index (χ0n) is 9.43. The molecule has 0 bridgehead atoms. The van der Waals surface area contributed by atoms with Gasteiger partial charge in [-0.25, -0.2) is 4.79 Å². The zero-order chi connectivity index (χ0) is 12.3. The second-order valence-corrected chi connectivity index (χ2v) is 4.46. The van der Waals surface area contributed by atoms with Crippen LogP contribution >= 0.6 is 11.6 Å². The van der Waals surface area contributed by atoms with Crippen LogP contribution in [0.25, 0.3) is 0 Å². The minimum absolute atomic E-state index is 0.0880. The number of cyclic esters (lactones) is 1. The van der Waals surface area contributed by atoms with Crippen LogP contribution in [0.15, 0.2) is 24.3 Å². The van der Waals surface area contributed by atoms with Gasteiger partial charge in [0.15, 0.2) is 0 Å². The van der Waals surface area contributed by atoms with Crippen LogP contribution in [-0.2, 0) is 11.3 Å². The van der Waals surface area contributed by atoms with Crippen molar-refractivity contribution in [1.82, 2.24) is 4.90 Å². The fraction of sp³-hybridized carbons (Fsp3) is 0.417. The van der Waals surface area contributed by atoms with E-state index in [4.69, 9.17) is 22.1 Å². The summed E-state index contributed by atoms with van der Waals surface area (Å²) in [7, 11) is 0. The molecule has 1 heterocycles. The average molecular weight is 255 g/mol. The molecular weight excluding hydrogens is 240 g/mol. The van der Waals surface area contributed by atoms with Gasteiger partial charge in [-0.15, -0.1) is 0 Å². The van der Waals surface area contributed by atoms with E-state index in [0.29, 0.717) is 31.1 Å². The number of hydrogen-bond donors (Lipinski definition) is 1. The van der Waals surface area contributed by atoms with Crippen molar-refractivity contribution < 1.29 is 9.53 Å². The second-order valence-electron chi connectivity index (χ2n) is 4.06. The molecule has 1 atom stereocenters. The van der Waals surface area contributed by atoms with Gasteiger partial charge in [0.1, 0.15) is 6.10 Å². The SMILES string of the molecule is NCCC1CN(Cc2ccccc2Cl)C(=O)O1. The fourth-order valence-corrected chi connectivity index (χ4v) is 2.07. The number of carbonyl (C=O) groups is 1. The van der Waals surface area contributed by atoms with E-state index in [1.165, 1.54) is 0 Å². The number of carbonyl (C=O) groups excluding carboxylic acids is 1. The van der Waals surface area contributed by atoms with Crippen molar-refractivity contribution in [3.63, 3.8) is 0 Å². The summed E-state index contributed by atoms with van der Waals surface area (Å²) in [4.78, 5) is 13.2. The predicted molar refractivity (Wildman–Crippen MR) is 65.8 cm³/mol. The summed E-state index contributed by atoms with van der Waals surface area (Å²) in [6.45, 7) is 1.60. The molecule has 1 amide bonds. The number of halogens is 1. The van der Waals surface area contributed by atoms with Gasteiger partial charge in [0.25, 0.3) is 0 Å². The topological polar surface area (TPSA) is 55.6 Å². The molecule has 92 valence electrons. The molecule has 17 heavy (non-hydrogen) atoms. The van der Waals surface area contributed by atoms with E-state index >= 15 is 0 Å². The van der Waals surface area contributed by atoms with Crippen molar-refractivity contribution in [2.75, 3.05) is 13.1 Å². The van der Waals surface area contributed by atoms with Gasteiger partial charge in [-0.05, 0) is 24.6 Å². The van der Waals surface area contributed by atoms with Crippen LogP contribution in [0.5, 0.6) is 0 Å². The lowest BCUT2D eigenvalue weighted by Crippen LogP contribution is -2.25. The van der Waals surface area contributed by atoms with Crippen LogP contribution in [0.4, 0.5) is 4.79 Å². The fourth-order valence-electron chi connectivity index (χ4n) is 1.87. The number of amides is 1. The van der Waals surface area contributed by atoms with Crippen molar-refractivity contribution in [2.45, 2.75) is 19.1 Å². The summed E-state index contributed by atoms with van der Waals surface area (Å²) in [6.07, 6.45) is 0.323. The number of hydrogen-bond acceptors (Lipinski definition) is 3. The Bertz CT molecular complexity index is 411. The van der Waals surface area contributed by atoms with Crippen LogP contribution in [0.1, 0.15) is 12.0 Å². The molecule has 5 heteroatoms. The molecule has 0 aliphatic carbocycles. The molecule has 0 radical (unpaired) electrons. The van der Waals surface area contributed by atoms with Crippen molar-refractivity contribution in [3.05, 3.63) is 34.9 Å². The van der Waals surface area contributed by atoms with E-state index in [1.807, 2.05) is 24.3 Å². The van der Waals surface area contributed by atoms with Gasteiger partial charge in [0, 0.05) is 5.02 Å². The maximum atomic E-state index is 11.6. The first kappa shape index (κ1) is 12.2. The number of rotatable bonds is 4. The predicted octanol–water partition coefficient (Wildman–Crippen LogP) is 2.01. The molecule has 1 saturated heterocycles. The van der Waals surface area contributed by atoms with Crippen LogP contribution in [0.2, 0.25) is 5.02 Å². The third-order valence-corrected chi connectivity index (χ3v) is 3.13. The first-order valence-electron chi connectivity index (χ1n) is 5.59. The van der Waals surface area contributed by atoms with Crippen LogP contribution in [0.3, 0.4) is 0 Å². The zero-order valence-corrected chi connectivity index (χ0v) is 10.2. The summed E-state index contributed by atoms with van der Waals surface area (Å²) < 4.78 is 5.19. The van der Waals surface area contributed by atoms with Crippen molar-refractivity contribution in [1.29, 1.82) is 0 Å². The molecular formula is C12H15ClN2O2. The molecule has 0 aromatic heterocycles. The standard InChI is InChI=1S/C12H15ClN2O2/c13-11-4-2-1-3-9(11)7-15-8-10(5-6-14)17-12(15)16/h1-4,10H,5-8,14H2. The molecule has 0 saturated carbocycles. The van der Waals surface area contributed by atoms with Gasteiger partial charge in [0.05, 0.1) is 13.1 Å². The molecule has 1 aromatic rings. The molecule has 1 aromatic carbocycles. The lowest BCUT2D eigenvalue weighted by molar-refractivity contribution is 0.129. The highest BCUT2D eigenvalue weighted by Gasteiger charge is 2.30. The second kappa shape index (κ2) is 5.38. The van der Waals surface area contributed by atoms with Crippen molar-refractivity contribution in [3.8, 4) is 0 Å². The number of nitrogens with two attached hydrogens (primary N) is 1. The van der Waals surface area contributed by atoms with E-state index in [9.17, 15) is 4.79 Å². The summed E-state index contributed by atoms with van der Waals surface area (Å²) >= 11 is 6.05. The number of benzene rings is 1. The van der Waals surface area contributed by atoms with Gasteiger partial charge < -0.3 is 15.4 Å². The molecule has 4 nitrogen and oxygen atoms in total. The Labute approximate surface area is 105 Å². The first-order chi connectivity index (χ1) is 8.20. The van der Waals surface area contributed by atoms with E-state index in [-0.39, 0.29) is 12.2 Å². The van der Waals surface area contributed by atoms with Gasteiger partial charge in [-0.2, -0.15) is 0 Å². The molecule has 1 aliphatic heterocycles. The van der Waals surface area contributed by atoms with Gasteiger partial charge in [0.2, 0.25) is 0 Å². The Morgan fingerprint density at radius 2 is 2.24 bits per heavy atom. The minimum atomic E-state index is -0.289. The van der Waals surface area contributed by atoms with Gasteiger partial charge >= 0.3 is 6.09 Å². The highest BCUT2D eigenvalue weighted by Crippen LogP contribution is 2.21. The monoisotopic (exact) mass is 254 g/mol. The normalized spacial score (nSPS) is 19.5. The highest BCUT2D eigenvalue weighted by atomic mass is 35.5. The van der Waals surface area contributed by atoms with E-state index < -0.39 is 0 Å². The van der Waals surface area contributed by atoms with Crippen molar-refractivity contribution >= 4 is 17.7 Å². The summed E-state index contributed by atoms with van der Waals surface area (Å²) in [5.41, 5.74) is 6.38. The smallest absolute Gasteiger partial charge is 0.410 e. The molecule has 2 N–H and O–H groups in total. The Balaban J connectivity index is 2.00. The highest BCUT2D eigenvalue weighted by molar-refractivity contribution is 6.31. The van der Waals surface area contributed by atoms with E-state index in [0.717, 1.165) is 5.56 Å². The summed E-state index contributed by atoms with van der Waals surface area (Å²) in [5, 5.41) is 0.669. The third-order valence-electron chi connectivity index (χ3n) is 2.76. The maximum absolute atomic E-state index is 11.6. The Morgan fingerprint density at radius 1 is 1.47 bits per heavy atom. The number of ether oxygens (including phenoxy) is 1. The molecule has 1 fully saturated rings. The van der Waals surface area contributed by atoms with Crippen LogP contribution < -0.4 is 5.73 Å². The third kappa shape index (κ3) is 2.90. The Hall–Kier alpha value is -1.26. The number of nitrogens with zero attached hydrogens (tertiary/aromatic N) is 1. The van der Waals surface area contributed by atoms with E-state index in [1.54, 1.807) is 4.90 Å². The summed E-state index contributed by atoms with van der Waals surface area (Å²) in [6, 6.07) is 7.49.